The standard InChI is InChI=1S/C6H10N2O3/c1-3(9)4-2-5(10)8-6(11)7-4/h4,6-7,11H,2H2,1H3,(H,8,10)/t4-,6?/m0/s1. The molecule has 0 aliphatic carbocycles. The Morgan fingerprint density at radius 2 is 2.36 bits per heavy atom. The van der Waals surface area contributed by atoms with Crippen LogP contribution in [-0.2, 0) is 9.59 Å². The molecule has 1 fully saturated rings. The highest BCUT2D eigenvalue weighted by Crippen LogP contribution is 1.99. The first-order valence-corrected chi connectivity index (χ1v) is 3.33. The largest absolute Gasteiger partial charge is 0.361 e. The van der Waals surface area contributed by atoms with Gasteiger partial charge in [-0.3, -0.25) is 14.9 Å². The predicted octanol–water partition coefficient (Wildman–Crippen LogP) is -1.67. The Bertz CT molecular complexity index is 192. The van der Waals surface area contributed by atoms with E-state index < -0.39 is 12.4 Å². The molecule has 11 heavy (non-hydrogen) atoms. The van der Waals surface area contributed by atoms with Gasteiger partial charge in [-0.25, -0.2) is 0 Å². The van der Waals surface area contributed by atoms with Crippen LogP contribution < -0.4 is 10.6 Å². The van der Waals surface area contributed by atoms with Crippen LogP contribution in [0.1, 0.15) is 13.3 Å². The SMILES string of the molecule is CC(=O)[C@@H]1CC(=O)NC(O)N1. The quantitative estimate of drug-likeness (QED) is 0.426. The molecule has 1 unspecified atom stereocenters. The van der Waals surface area contributed by atoms with E-state index in [2.05, 4.69) is 10.6 Å². The van der Waals surface area contributed by atoms with Crippen LogP contribution in [0.3, 0.4) is 0 Å². The zero-order chi connectivity index (χ0) is 8.43. The number of aliphatic hydroxyl groups excluding tert-OH is 1. The highest BCUT2D eigenvalue weighted by Gasteiger charge is 2.26. The Labute approximate surface area is 63.8 Å². The highest BCUT2D eigenvalue weighted by molar-refractivity contribution is 5.89. The van der Waals surface area contributed by atoms with E-state index in [-0.39, 0.29) is 18.1 Å². The van der Waals surface area contributed by atoms with Gasteiger partial charge in [0.15, 0.2) is 6.35 Å². The van der Waals surface area contributed by atoms with Crippen LogP contribution in [-0.4, -0.2) is 29.2 Å². The summed E-state index contributed by atoms with van der Waals surface area (Å²) in [6.07, 6.45) is -0.989. The lowest BCUT2D eigenvalue weighted by Crippen LogP contribution is -2.58. The molecule has 1 saturated heterocycles. The minimum atomic E-state index is -1.09. The van der Waals surface area contributed by atoms with Gasteiger partial charge in [0.1, 0.15) is 5.78 Å². The van der Waals surface area contributed by atoms with Gasteiger partial charge < -0.3 is 10.4 Å². The van der Waals surface area contributed by atoms with Gasteiger partial charge in [-0.1, -0.05) is 0 Å². The Hall–Kier alpha value is -0.940. The molecule has 1 rings (SSSR count). The van der Waals surface area contributed by atoms with Gasteiger partial charge in [-0.2, -0.15) is 0 Å². The Balaban J connectivity index is 2.56. The maximum Gasteiger partial charge on any atom is 0.225 e. The fourth-order valence-electron chi connectivity index (χ4n) is 0.949. The van der Waals surface area contributed by atoms with E-state index >= 15 is 0 Å². The second-order valence-electron chi connectivity index (χ2n) is 2.50. The summed E-state index contributed by atoms with van der Waals surface area (Å²) in [5.74, 6) is -0.449. The predicted molar refractivity (Wildman–Crippen MR) is 36.4 cm³/mol. The van der Waals surface area contributed by atoms with E-state index in [1.165, 1.54) is 6.92 Å². The molecule has 0 radical (unpaired) electrons. The number of aliphatic hydroxyl groups is 1. The van der Waals surface area contributed by atoms with Gasteiger partial charge in [0, 0.05) is 6.42 Å². The zero-order valence-corrected chi connectivity index (χ0v) is 6.13. The molecule has 5 nitrogen and oxygen atoms in total. The number of hydrogen-bond acceptors (Lipinski definition) is 4. The minimum Gasteiger partial charge on any atom is -0.361 e. The summed E-state index contributed by atoms with van der Waals surface area (Å²) in [7, 11) is 0. The number of nitrogens with one attached hydrogen (secondary N) is 2. The lowest BCUT2D eigenvalue weighted by Gasteiger charge is -2.26. The number of carbonyl (C=O) groups is 2. The smallest absolute Gasteiger partial charge is 0.225 e. The molecule has 2 atom stereocenters. The first-order chi connectivity index (χ1) is 5.09. The van der Waals surface area contributed by atoms with Gasteiger partial charge in [-0.05, 0) is 6.92 Å². The Morgan fingerprint density at radius 1 is 1.73 bits per heavy atom. The third-order valence-electron chi connectivity index (χ3n) is 1.54. The molecule has 0 saturated carbocycles. The van der Waals surface area contributed by atoms with Crippen molar-refractivity contribution in [3.63, 3.8) is 0 Å². The number of hydrogen-bond donors (Lipinski definition) is 3. The molecule has 1 amide bonds. The first-order valence-electron chi connectivity index (χ1n) is 3.33. The molecule has 5 heteroatoms. The van der Waals surface area contributed by atoms with Crippen molar-refractivity contribution < 1.29 is 14.7 Å². The molecule has 62 valence electrons. The van der Waals surface area contributed by atoms with Crippen molar-refractivity contribution in [1.82, 2.24) is 10.6 Å². The highest BCUT2D eigenvalue weighted by atomic mass is 16.3. The van der Waals surface area contributed by atoms with Crippen molar-refractivity contribution in [3.05, 3.63) is 0 Å². The number of rotatable bonds is 1. The average molecular weight is 158 g/mol. The van der Waals surface area contributed by atoms with Crippen LogP contribution in [0.2, 0.25) is 0 Å². The third-order valence-corrected chi connectivity index (χ3v) is 1.54. The fraction of sp³-hybridized carbons (Fsp3) is 0.667. The van der Waals surface area contributed by atoms with E-state index in [4.69, 9.17) is 5.11 Å². The van der Waals surface area contributed by atoms with Gasteiger partial charge in [0.25, 0.3) is 0 Å². The Kier molecular flexibility index (Phi) is 2.21. The van der Waals surface area contributed by atoms with E-state index in [0.29, 0.717) is 0 Å². The normalized spacial score (nSPS) is 31.3. The van der Waals surface area contributed by atoms with Crippen molar-refractivity contribution in [2.75, 3.05) is 0 Å². The van der Waals surface area contributed by atoms with E-state index in [1.807, 2.05) is 0 Å². The third kappa shape index (κ3) is 1.99. The molecule has 1 heterocycles. The minimum absolute atomic E-state index is 0.104. The second-order valence-corrected chi connectivity index (χ2v) is 2.50. The molecule has 0 bridgehead atoms. The van der Waals surface area contributed by atoms with E-state index in [1.54, 1.807) is 0 Å². The van der Waals surface area contributed by atoms with Crippen molar-refractivity contribution in [1.29, 1.82) is 0 Å². The molecule has 0 spiro atoms. The summed E-state index contributed by atoms with van der Waals surface area (Å²) in [5, 5.41) is 13.6. The summed E-state index contributed by atoms with van der Waals surface area (Å²) in [4.78, 5) is 21.5. The fourth-order valence-corrected chi connectivity index (χ4v) is 0.949. The monoisotopic (exact) mass is 158 g/mol. The summed E-state index contributed by atoms with van der Waals surface area (Å²) in [6.45, 7) is 1.38. The van der Waals surface area contributed by atoms with E-state index in [9.17, 15) is 9.59 Å². The number of Topliss-reactive ketones (excluding diaryl/α,β-unsaturated/α-hetero) is 1. The molecule has 3 N–H and O–H groups in total. The second kappa shape index (κ2) is 2.98. The van der Waals surface area contributed by atoms with Crippen molar-refractivity contribution >= 4 is 11.7 Å². The van der Waals surface area contributed by atoms with Crippen LogP contribution >= 0.6 is 0 Å². The van der Waals surface area contributed by atoms with Crippen LogP contribution in [0.4, 0.5) is 0 Å². The lowest BCUT2D eigenvalue weighted by atomic mass is 10.1. The van der Waals surface area contributed by atoms with Crippen LogP contribution in [0.15, 0.2) is 0 Å². The lowest BCUT2D eigenvalue weighted by molar-refractivity contribution is -0.134. The molecule has 1 aliphatic rings. The summed E-state index contributed by atoms with van der Waals surface area (Å²) >= 11 is 0. The molecular formula is C6H10N2O3. The van der Waals surface area contributed by atoms with Gasteiger partial charge in [0.2, 0.25) is 5.91 Å². The summed E-state index contributed by atoms with van der Waals surface area (Å²) < 4.78 is 0. The first kappa shape index (κ1) is 8.16. The zero-order valence-electron chi connectivity index (χ0n) is 6.13. The number of ketones is 1. The summed E-state index contributed by atoms with van der Waals surface area (Å²) in [5.41, 5.74) is 0. The molecule has 1 aliphatic heterocycles. The molecule has 0 aromatic carbocycles. The number of amides is 1. The maximum atomic E-state index is 10.7. The Morgan fingerprint density at radius 3 is 2.82 bits per heavy atom. The van der Waals surface area contributed by atoms with Crippen molar-refractivity contribution in [2.24, 2.45) is 0 Å². The average Bonchev–Trinajstić information content (AvgIpc) is 1.85. The van der Waals surface area contributed by atoms with Gasteiger partial charge >= 0.3 is 0 Å². The van der Waals surface area contributed by atoms with Crippen LogP contribution in [0.25, 0.3) is 0 Å². The summed E-state index contributed by atoms with van der Waals surface area (Å²) in [6, 6.07) is -0.543. The van der Waals surface area contributed by atoms with Crippen molar-refractivity contribution in [2.45, 2.75) is 25.7 Å². The number of carbonyl (C=O) groups excluding carboxylic acids is 2. The van der Waals surface area contributed by atoms with Gasteiger partial charge in [0.05, 0.1) is 6.04 Å². The van der Waals surface area contributed by atoms with Gasteiger partial charge in [-0.15, -0.1) is 0 Å². The maximum absolute atomic E-state index is 10.7. The van der Waals surface area contributed by atoms with Crippen molar-refractivity contribution in [3.8, 4) is 0 Å². The van der Waals surface area contributed by atoms with Crippen LogP contribution in [0, 0.1) is 0 Å². The topological polar surface area (TPSA) is 78.4 Å². The molecule has 0 aromatic heterocycles. The van der Waals surface area contributed by atoms with Crippen LogP contribution in [0.5, 0.6) is 0 Å². The molecular weight excluding hydrogens is 148 g/mol. The van der Waals surface area contributed by atoms with E-state index in [0.717, 1.165) is 0 Å². The molecule has 0 aromatic rings.